The zero-order valence-electron chi connectivity index (χ0n) is 13.5. The van der Waals surface area contributed by atoms with Crippen molar-refractivity contribution in [2.75, 3.05) is 13.1 Å². The van der Waals surface area contributed by atoms with Crippen LogP contribution < -0.4 is 22.5 Å². The number of carbonyl (C=O) groups is 1. The van der Waals surface area contributed by atoms with E-state index in [0.29, 0.717) is 19.5 Å². The molecule has 2 unspecified atom stereocenters. The van der Waals surface area contributed by atoms with E-state index in [1.165, 1.54) is 0 Å². The first-order valence-electron chi connectivity index (χ1n) is 7.79. The first-order chi connectivity index (χ1) is 9.32. The van der Waals surface area contributed by atoms with Crippen LogP contribution in [0, 0.1) is 5.41 Å². The third-order valence-corrected chi connectivity index (χ3v) is 3.61. The Morgan fingerprint density at radius 3 is 1.95 bits per heavy atom. The van der Waals surface area contributed by atoms with Crippen molar-refractivity contribution in [3.05, 3.63) is 0 Å². The van der Waals surface area contributed by atoms with Gasteiger partial charge in [-0.2, -0.15) is 0 Å². The molecule has 0 aliphatic carbocycles. The molecule has 0 aromatic heterocycles. The molecule has 5 heteroatoms. The third-order valence-electron chi connectivity index (χ3n) is 3.61. The number of unbranched alkanes of at least 4 members (excludes halogenated alkanes) is 2. The summed E-state index contributed by atoms with van der Waals surface area (Å²) < 4.78 is 0. The van der Waals surface area contributed by atoms with E-state index >= 15 is 0 Å². The van der Waals surface area contributed by atoms with Gasteiger partial charge in [-0.25, -0.2) is 0 Å². The van der Waals surface area contributed by atoms with Crippen LogP contribution in [0.5, 0.6) is 0 Å². The second-order valence-electron chi connectivity index (χ2n) is 6.60. The molecule has 0 fully saturated rings. The lowest BCUT2D eigenvalue weighted by Gasteiger charge is -2.32. The molecule has 0 saturated carbocycles. The summed E-state index contributed by atoms with van der Waals surface area (Å²) >= 11 is 0. The van der Waals surface area contributed by atoms with Gasteiger partial charge in [0.15, 0.2) is 0 Å². The summed E-state index contributed by atoms with van der Waals surface area (Å²) in [5.41, 5.74) is 16.9. The number of nitrogens with two attached hydrogens (primary N) is 3. The van der Waals surface area contributed by atoms with Crippen LogP contribution in [0.25, 0.3) is 0 Å². The standard InChI is InChI=1S/C15H34N4O/c1-15(2,3)13(9-5-7-11-17)19-14(20)12(18)8-4-6-10-16/h12-13H,4-11,16-18H2,1-3H3,(H,19,20). The van der Waals surface area contributed by atoms with Gasteiger partial charge >= 0.3 is 0 Å². The molecule has 0 aliphatic rings. The summed E-state index contributed by atoms with van der Waals surface area (Å²) in [4.78, 5) is 12.1. The van der Waals surface area contributed by atoms with Crippen LogP contribution in [0.1, 0.15) is 59.3 Å². The molecule has 2 atom stereocenters. The lowest BCUT2D eigenvalue weighted by Crippen LogP contribution is -2.50. The number of amides is 1. The van der Waals surface area contributed by atoms with Gasteiger partial charge in [-0.15, -0.1) is 0 Å². The van der Waals surface area contributed by atoms with E-state index in [1.807, 2.05) is 0 Å². The minimum Gasteiger partial charge on any atom is -0.351 e. The van der Waals surface area contributed by atoms with E-state index < -0.39 is 6.04 Å². The number of nitrogens with one attached hydrogen (secondary N) is 1. The van der Waals surface area contributed by atoms with Crippen molar-refractivity contribution in [2.24, 2.45) is 22.6 Å². The molecule has 0 spiro atoms. The largest absolute Gasteiger partial charge is 0.351 e. The van der Waals surface area contributed by atoms with Gasteiger partial charge in [-0.1, -0.05) is 33.6 Å². The predicted molar refractivity (Wildman–Crippen MR) is 85.2 cm³/mol. The maximum Gasteiger partial charge on any atom is 0.237 e. The fourth-order valence-electron chi connectivity index (χ4n) is 2.13. The van der Waals surface area contributed by atoms with Gasteiger partial charge in [0.05, 0.1) is 6.04 Å². The molecule has 0 heterocycles. The van der Waals surface area contributed by atoms with Crippen LogP contribution in [-0.2, 0) is 4.79 Å². The quantitative estimate of drug-likeness (QED) is 0.451. The van der Waals surface area contributed by atoms with Gasteiger partial charge in [0.25, 0.3) is 0 Å². The Bertz CT molecular complexity index is 263. The number of hydrogen-bond donors (Lipinski definition) is 4. The van der Waals surface area contributed by atoms with Crippen LogP contribution in [-0.4, -0.2) is 31.1 Å². The topological polar surface area (TPSA) is 107 Å². The molecule has 0 aromatic carbocycles. The van der Waals surface area contributed by atoms with E-state index in [1.54, 1.807) is 0 Å². The monoisotopic (exact) mass is 286 g/mol. The normalized spacial score (nSPS) is 14.9. The molecular formula is C15H34N4O. The van der Waals surface area contributed by atoms with Gasteiger partial charge in [0, 0.05) is 6.04 Å². The Kier molecular flexibility index (Phi) is 9.80. The van der Waals surface area contributed by atoms with Crippen LogP contribution in [0.2, 0.25) is 0 Å². The Balaban J connectivity index is 4.30. The molecule has 1 amide bonds. The summed E-state index contributed by atoms with van der Waals surface area (Å²) in [5.74, 6) is -0.0466. The van der Waals surface area contributed by atoms with Crippen molar-refractivity contribution in [1.82, 2.24) is 5.32 Å². The average molecular weight is 286 g/mol. The van der Waals surface area contributed by atoms with E-state index in [0.717, 1.165) is 32.1 Å². The van der Waals surface area contributed by atoms with E-state index in [4.69, 9.17) is 17.2 Å². The van der Waals surface area contributed by atoms with Gasteiger partial charge < -0.3 is 22.5 Å². The molecule has 0 aliphatic heterocycles. The van der Waals surface area contributed by atoms with Gasteiger partial charge in [0.2, 0.25) is 5.91 Å². The minimum absolute atomic E-state index is 0.0290. The Hall–Kier alpha value is -0.650. The molecule has 0 aromatic rings. The second-order valence-corrected chi connectivity index (χ2v) is 6.60. The molecule has 0 radical (unpaired) electrons. The zero-order valence-corrected chi connectivity index (χ0v) is 13.5. The summed E-state index contributed by atoms with van der Waals surface area (Å²) in [5, 5.41) is 3.11. The highest BCUT2D eigenvalue weighted by Crippen LogP contribution is 2.23. The van der Waals surface area contributed by atoms with Crippen molar-refractivity contribution < 1.29 is 4.79 Å². The van der Waals surface area contributed by atoms with Crippen LogP contribution in [0.15, 0.2) is 0 Å². The maximum absolute atomic E-state index is 12.1. The first-order valence-corrected chi connectivity index (χ1v) is 7.79. The summed E-state index contributed by atoms with van der Waals surface area (Å²) in [6.45, 7) is 7.77. The number of rotatable bonds is 10. The van der Waals surface area contributed by atoms with Crippen LogP contribution in [0.4, 0.5) is 0 Å². The third kappa shape index (κ3) is 8.51. The second kappa shape index (κ2) is 10.1. The van der Waals surface area contributed by atoms with Crippen LogP contribution in [0.3, 0.4) is 0 Å². The van der Waals surface area contributed by atoms with E-state index in [9.17, 15) is 4.79 Å². The molecular weight excluding hydrogens is 252 g/mol. The molecule has 0 saturated heterocycles. The predicted octanol–water partition coefficient (Wildman–Crippen LogP) is 1.10. The van der Waals surface area contributed by atoms with Crippen molar-refractivity contribution in [3.63, 3.8) is 0 Å². The molecule has 120 valence electrons. The van der Waals surface area contributed by atoms with E-state index in [-0.39, 0.29) is 17.4 Å². The van der Waals surface area contributed by atoms with Gasteiger partial charge in [-0.05, 0) is 44.2 Å². The lowest BCUT2D eigenvalue weighted by molar-refractivity contribution is -0.124. The van der Waals surface area contributed by atoms with Crippen molar-refractivity contribution >= 4 is 5.91 Å². The first kappa shape index (κ1) is 19.4. The highest BCUT2D eigenvalue weighted by atomic mass is 16.2. The van der Waals surface area contributed by atoms with Crippen molar-refractivity contribution in [1.29, 1.82) is 0 Å². The van der Waals surface area contributed by atoms with Crippen LogP contribution >= 0.6 is 0 Å². The number of carbonyl (C=O) groups excluding carboxylic acids is 1. The Morgan fingerprint density at radius 1 is 1.00 bits per heavy atom. The highest BCUT2D eigenvalue weighted by molar-refractivity contribution is 5.81. The maximum atomic E-state index is 12.1. The highest BCUT2D eigenvalue weighted by Gasteiger charge is 2.27. The van der Waals surface area contributed by atoms with Crippen molar-refractivity contribution in [3.8, 4) is 0 Å². The summed E-state index contributed by atoms with van der Waals surface area (Å²) in [6.07, 6.45) is 5.48. The molecule has 5 nitrogen and oxygen atoms in total. The minimum atomic E-state index is -0.430. The Morgan fingerprint density at radius 2 is 1.50 bits per heavy atom. The molecule has 7 N–H and O–H groups in total. The van der Waals surface area contributed by atoms with Crippen molar-refractivity contribution in [2.45, 2.75) is 71.4 Å². The molecule has 0 rings (SSSR count). The fourth-order valence-corrected chi connectivity index (χ4v) is 2.13. The van der Waals surface area contributed by atoms with E-state index in [2.05, 4.69) is 26.1 Å². The molecule has 0 bridgehead atoms. The number of hydrogen-bond acceptors (Lipinski definition) is 4. The average Bonchev–Trinajstić information content (AvgIpc) is 2.36. The zero-order chi connectivity index (χ0) is 15.6. The SMILES string of the molecule is CC(C)(C)C(CCCCN)NC(=O)C(N)CCCCN. The lowest BCUT2D eigenvalue weighted by atomic mass is 9.83. The smallest absolute Gasteiger partial charge is 0.237 e. The van der Waals surface area contributed by atoms with Gasteiger partial charge in [-0.3, -0.25) is 4.79 Å². The van der Waals surface area contributed by atoms with Gasteiger partial charge in [0.1, 0.15) is 0 Å². The fraction of sp³-hybridized carbons (Fsp3) is 0.933. The summed E-state index contributed by atoms with van der Waals surface area (Å²) in [6, 6.07) is -0.289. The Labute approximate surface area is 124 Å². The molecule has 20 heavy (non-hydrogen) atoms. The summed E-state index contributed by atoms with van der Waals surface area (Å²) in [7, 11) is 0.